The Morgan fingerprint density at radius 3 is 2.64 bits per heavy atom. The first-order valence-electron chi connectivity index (χ1n) is 8.02. The fourth-order valence-corrected chi connectivity index (χ4v) is 3.93. The summed E-state index contributed by atoms with van der Waals surface area (Å²) in [5.74, 6) is 0.573. The van der Waals surface area contributed by atoms with Crippen LogP contribution in [0, 0.1) is 5.92 Å². The quantitative estimate of drug-likeness (QED) is 0.813. The summed E-state index contributed by atoms with van der Waals surface area (Å²) in [6.07, 6.45) is 2.00. The molecule has 3 saturated heterocycles. The van der Waals surface area contributed by atoms with Crippen molar-refractivity contribution in [1.29, 1.82) is 0 Å². The van der Waals surface area contributed by atoms with Gasteiger partial charge in [0.2, 0.25) is 0 Å². The van der Waals surface area contributed by atoms with Gasteiger partial charge in [0.05, 0.1) is 12.1 Å². The van der Waals surface area contributed by atoms with Crippen molar-refractivity contribution in [1.82, 2.24) is 4.90 Å². The molecule has 0 unspecified atom stereocenters. The highest BCUT2D eigenvalue weighted by Crippen LogP contribution is 2.34. The zero-order valence-electron chi connectivity index (χ0n) is 13.2. The number of hydrogen-bond acceptors (Lipinski definition) is 3. The Morgan fingerprint density at radius 1 is 1.36 bits per heavy atom. The summed E-state index contributed by atoms with van der Waals surface area (Å²) < 4.78 is 6.50. The van der Waals surface area contributed by atoms with Crippen LogP contribution in [0.25, 0.3) is 0 Å². The summed E-state index contributed by atoms with van der Waals surface area (Å²) in [6, 6.07) is 8.15. The van der Waals surface area contributed by atoms with Gasteiger partial charge in [0.15, 0.2) is 0 Å². The van der Waals surface area contributed by atoms with Gasteiger partial charge in [-0.3, -0.25) is 4.90 Å². The van der Waals surface area contributed by atoms with Crippen LogP contribution in [-0.2, 0) is 4.74 Å². The van der Waals surface area contributed by atoms with Crippen LogP contribution in [0.4, 0.5) is 10.5 Å². The van der Waals surface area contributed by atoms with Crippen molar-refractivity contribution in [2.24, 2.45) is 5.92 Å². The molecule has 5 heteroatoms. The summed E-state index contributed by atoms with van der Waals surface area (Å²) >= 11 is 3.51. The van der Waals surface area contributed by atoms with E-state index in [9.17, 15) is 4.79 Å². The van der Waals surface area contributed by atoms with Gasteiger partial charge in [0.25, 0.3) is 0 Å². The third-order valence-electron chi connectivity index (χ3n) is 4.57. The molecule has 3 heterocycles. The Hall–Kier alpha value is -1.07. The molecule has 0 aromatic heterocycles. The lowest BCUT2D eigenvalue weighted by molar-refractivity contribution is 0.0732. The molecule has 3 aliphatic heterocycles. The molecule has 2 bridgehead atoms. The van der Waals surface area contributed by atoms with Crippen LogP contribution < -0.4 is 4.90 Å². The largest absolute Gasteiger partial charge is 0.446 e. The number of rotatable bonds is 3. The number of anilines is 1. The van der Waals surface area contributed by atoms with Gasteiger partial charge in [-0.15, -0.1) is 0 Å². The standard InChI is InChI=1S/C17H23BrN2O2/c1-12(2)22-17(21)20(15-5-3-4-14(18)10-15)16-11-19-8-6-13(16)7-9-19/h3-5,10,12-13,16H,6-9,11H2,1-2H3/t16-/m1/s1. The molecule has 3 aliphatic rings. The minimum Gasteiger partial charge on any atom is -0.446 e. The predicted molar refractivity (Wildman–Crippen MR) is 91.2 cm³/mol. The average Bonchev–Trinajstić information content (AvgIpc) is 2.48. The molecule has 0 saturated carbocycles. The number of amides is 1. The Kier molecular flexibility index (Phi) is 4.73. The SMILES string of the molecule is CC(C)OC(=O)N(c1cccc(Br)c1)[C@@H]1CN2CCC1CC2. The number of carbonyl (C=O) groups is 1. The molecule has 3 fully saturated rings. The maximum atomic E-state index is 12.7. The summed E-state index contributed by atoms with van der Waals surface area (Å²) in [5.41, 5.74) is 0.916. The molecule has 0 N–H and O–H groups in total. The smallest absolute Gasteiger partial charge is 0.414 e. The zero-order valence-corrected chi connectivity index (χ0v) is 14.8. The van der Waals surface area contributed by atoms with Crippen LogP contribution in [0.2, 0.25) is 0 Å². The van der Waals surface area contributed by atoms with E-state index >= 15 is 0 Å². The van der Waals surface area contributed by atoms with Crippen LogP contribution in [-0.4, -0.2) is 42.8 Å². The van der Waals surface area contributed by atoms with E-state index in [1.807, 2.05) is 43.0 Å². The second-order valence-corrected chi connectivity index (χ2v) is 7.40. The van der Waals surface area contributed by atoms with E-state index in [4.69, 9.17) is 4.74 Å². The average molecular weight is 367 g/mol. The van der Waals surface area contributed by atoms with Gasteiger partial charge >= 0.3 is 6.09 Å². The van der Waals surface area contributed by atoms with E-state index in [1.165, 1.54) is 12.8 Å². The number of nitrogens with zero attached hydrogens (tertiary/aromatic N) is 2. The first kappa shape index (κ1) is 15.8. The lowest BCUT2D eigenvalue weighted by Gasteiger charge is -2.48. The molecule has 1 amide bonds. The maximum absolute atomic E-state index is 12.7. The Balaban J connectivity index is 1.90. The maximum Gasteiger partial charge on any atom is 0.414 e. The first-order valence-corrected chi connectivity index (χ1v) is 8.81. The highest BCUT2D eigenvalue weighted by Gasteiger charge is 2.40. The van der Waals surface area contributed by atoms with E-state index in [2.05, 4.69) is 20.8 Å². The van der Waals surface area contributed by atoms with Crippen molar-refractivity contribution in [3.05, 3.63) is 28.7 Å². The monoisotopic (exact) mass is 366 g/mol. The van der Waals surface area contributed by atoms with E-state index < -0.39 is 0 Å². The highest BCUT2D eigenvalue weighted by molar-refractivity contribution is 9.10. The van der Waals surface area contributed by atoms with E-state index in [0.717, 1.165) is 29.8 Å². The van der Waals surface area contributed by atoms with Gasteiger partial charge in [0.1, 0.15) is 0 Å². The van der Waals surface area contributed by atoms with Gasteiger partial charge < -0.3 is 9.64 Å². The molecule has 4 rings (SSSR count). The number of ether oxygens (including phenoxy) is 1. The molecule has 120 valence electrons. The van der Waals surface area contributed by atoms with Crippen molar-refractivity contribution in [2.75, 3.05) is 24.5 Å². The molecular formula is C17H23BrN2O2. The molecular weight excluding hydrogens is 344 g/mol. The summed E-state index contributed by atoms with van der Waals surface area (Å²) in [4.78, 5) is 17.0. The zero-order chi connectivity index (χ0) is 15.7. The van der Waals surface area contributed by atoms with E-state index in [0.29, 0.717) is 5.92 Å². The Morgan fingerprint density at radius 2 is 2.09 bits per heavy atom. The van der Waals surface area contributed by atoms with Gasteiger partial charge in [-0.05, 0) is 63.9 Å². The van der Waals surface area contributed by atoms with Crippen molar-refractivity contribution in [3.63, 3.8) is 0 Å². The Labute approximate surface area is 140 Å². The van der Waals surface area contributed by atoms with Crippen LogP contribution in [0.1, 0.15) is 26.7 Å². The lowest BCUT2D eigenvalue weighted by Crippen LogP contribution is -2.59. The van der Waals surface area contributed by atoms with Crippen LogP contribution in [0.5, 0.6) is 0 Å². The topological polar surface area (TPSA) is 32.8 Å². The second kappa shape index (κ2) is 6.59. The molecule has 1 aromatic carbocycles. The predicted octanol–water partition coefficient (Wildman–Crippen LogP) is 3.89. The number of carbonyl (C=O) groups excluding carboxylic acids is 1. The number of fused-ring (bicyclic) bond motifs is 3. The minimum absolute atomic E-state index is 0.108. The van der Waals surface area contributed by atoms with Gasteiger partial charge in [-0.25, -0.2) is 4.79 Å². The fraction of sp³-hybridized carbons (Fsp3) is 0.588. The normalized spacial score (nSPS) is 27.0. The molecule has 0 radical (unpaired) electrons. The van der Waals surface area contributed by atoms with Crippen molar-refractivity contribution in [2.45, 2.75) is 38.8 Å². The third-order valence-corrected chi connectivity index (χ3v) is 5.07. The number of benzene rings is 1. The molecule has 0 aliphatic carbocycles. The molecule has 0 spiro atoms. The van der Waals surface area contributed by atoms with Crippen molar-refractivity contribution < 1.29 is 9.53 Å². The number of hydrogen-bond donors (Lipinski definition) is 0. The van der Waals surface area contributed by atoms with Crippen LogP contribution in [0.15, 0.2) is 28.7 Å². The van der Waals surface area contributed by atoms with E-state index in [-0.39, 0.29) is 18.2 Å². The first-order chi connectivity index (χ1) is 10.5. The fourth-order valence-electron chi connectivity index (χ4n) is 3.54. The Bertz CT molecular complexity index is 541. The van der Waals surface area contributed by atoms with Gasteiger partial charge in [0, 0.05) is 16.7 Å². The molecule has 4 nitrogen and oxygen atoms in total. The van der Waals surface area contributed by atoms with Gasteiger partial charge in [-0.1, -0.05) is 22.0 Å². The highest BCUT2D eigenvalue weighted by atomic mass is 79.9. The molecule has 1 atom stereocenters. The minimum atomic E-state index is -0.230. The molecule has 22 heavy (non-hydrogen) atoms. The summed E-state index contributed by atoms with van der Waals surface area (Å²) in [5, 5.41) is 0. The number of halogens is 1. The van der Waals surface area contributed by atoms with Crippen molar-refractivity contribution in [3.8, 4) is 0 Å². The van der Waals surface area contributed by atoms with E-state index in [1.54, 1.807) is 0 Å². The third kappa shape index (κ3) is 3.30. The summed E-state index contributed by atoms with van der Waals surface area (Å²) in [7, 11) is 0. The van der Waals surface area contributed by atoms with Crippen LogP contribution >= 0.6 is 15.9 Å². The summed E-state index contributed by atoms with van der Waals surface area (Å²) in [6.45, 7) is 7.06. The second-order valence-electron chi connectivity index (χ2n) is 6.49. The van der Waals surface area contributed by atoms with Gasteiger partial charge in [-0.2, -0.15) is 0 Å². The van der Waals surface area contributed by atoms with Crippen molar-refractivity contribution >= 4 is 27.7 Å². The van der Waals surface area contributed by atoms with Crippen LogP contribution in [0.3, 0.4) is 0 Å². The number of piperidine rings is 3. The molecule has 1 aromatic rings. The lowest BCUT2D eigenvalue weighted by atomic mass is 9.83.